The minimum Gasteiger partial charge on any atom is -0.481 e. The van der Waals surface area contributed by atoms with Gasteiger partial charge in [-0.3, -0.25) is 9.59 Å². The number of rotatable bonds is 7. The number of aliphatic carboxylic acids is 1. The van der Waals surface area contributed by atoms with E-state index < -0.39 is 5.97 Å². The van der Waals surface area contributed by atoms with Gasteiger partial charge in [-0.25, -0.2) is 0 Å². The van der Waals surface area contributed by atoms with Gasteiger partial charge in [0.15, 0.2) is 0 Å². The summed E-state index contributed by atoms with van der Waals surface area (Å²) in [7, 11) is 0. The van der Waals surface area contributed by atoms with Crippen LogP contribution in [0.1, 0.15) is 51.9 Å². The van der Waals surface area contributed by atoms with Crippen molar-refractivity contribution in [1.29, 1.82) is 0 Å². The fourth-order valence-electron chi connectivity index (χ4n) is 1.93. The van der Waals surface area contributed by atoms with E-state index in [1.54, 1.807) is 0 Å². The van der Waals surface area contributed by atoms with Crippen molar-refractivity contribution in [2.75, 3.05) is 6.54 Å². The maximum absolute atomic E-state index is 11.7. The molecule has 1 saturated carbocycles. The standard InChI is InChI=1S/C12H21NO3/c1-12(7-5-8-12)11(16)13-9-4-2-3-6-10(14)15/h2-9H2,1H3,(H,13,16)(H,14,15). The monoisotopic (exact) mass is 227 g/mol. The predicted octanol–water partition coefficient (Wildman–Crippen LogP) is 1.94. The number of nitrogens with one attached hydrogen (secondary N) is 1. The lowest BCUT2D eigenvalue weighted by molar-refractivity contribution is -0.137. The second kappa shape index (κ2) is 5.87. The molecule has 92 valence electrons. The smallest absolute Gasteiger partial charge is 0.303 e. The molecule has 0 saturated heterocycles. The van der Waals surface area contributed by atoms with Gasteiger partial charge in [0.2, 0.25) is 5.91 Å². The fourth-order valence-corrected chi connectivity index (χ4v) is 1.93. The lowest BCUT2D eigenvalue weighted by atomic mass is 9.70. The third kappa shape index (κ3) is 3.83. The number of carbonyl (C=O) groups is 2. The maximum atomic E-state index is 11.7. The summed E-state index contributed by atoms with van der Waals surface area (Å²) in [5, 5.41) is 11.4. The highest BCUT2D eigenvalue weighted by molar-refractivity contribution is 5.82. The molecule has 0 aromatic heterocycles. The Labute approximate surface area is 96.4 Å². The van der Waals surface area contributed by atoms with Crippen molar-refractivity contribution in [2.45, 2.75) is 51.9 Å². The van der Waals surface area contributed by atoms with E-state index in [1.807, 2.05) is 6.92 Å². The van der Waals surface area contributed by atoms with Crippen LogP contribution in [0.25, 0.3) is 0 Å². The molecule has 0 spiro atoms. The number of hydrogen-bond donors (Lipinski definition) is 2. The number of carboxylic acid groups (broad SMARTS) is 1. The third-order valence-electron chi connectivity index (χ3n) is 3.36. The molecule has 0 bridgehead atoms. The van der Waals surface area contributed by atoms with Crippen LogP contribution in [0, 0.1) is 5.41 Å². The average molecular weight is 227 g/mol. The molecule has 16 heavy (non-hydrogen) atoms. The van der Waals surface area contributed by atoms with Crippen molar-refractivity contribution in [2.24, 2.45) is 5.41 Å². The zero-order chi connectivity index (χ0) is 12.0. The zero-order valence-corrected chi connectivity index (χ0v) is 9.92. The number of amides is 1. The predicted molar refractivity (Wildman–Crippen MR) is 61.1 cm³/mol. The maximum Gasteiger partial charge on any atom is 0.303 e. The van der Waals surface area contributed by atoms with Gasteiger partial charge in [-0.1, -0.05) is 19.8 Å². The van der Waals surface area contributed by atoms with Crippen LogP contribution in [-0.4, -0.2) is 23.5 Å². The van der Waals surface area contributed by atoms with Crippen LogP contribution in [0.5, 0.6) is 0 Å². The van der Waals surface area contributed by atoms with Gasteiger partial charge in [0, 0.05) is 18.4 Å². The zero-order valence-electron chi connectivity index (χ0n) is 9.92. The van der Waals surface area contributed by atoms with Crippen molar-refractivity contribution in [3.8, 4) is 0 Å². The Morgan fingerprint density at radius 3 is 2.44 bits per heavy atom. The van der Waals surface area contributed by atoms with Gasteiger partial charge >= 0.3 is 5.97 Å². The fraction of sp³-hybridized carbons (Fsp3) is 0.833. The molecule has 4 nitrogen and oxygen atoms in total. The molecular weight excluding hydrogens is 206 g/mol. The van der Waals surface area contributed by atoms with Crippen molar-refractivity contribution in [3.63, 3.8) is 0 Å². The van der Waals surface area contributed by atoms with E-state index in [4.69, 9.17) is 5.11 Å². The van der Waals surface area contributed by atoms with Gasteiger partial charge in [0.1, 0.15) is 0 Å². The first-order valence-electron chi connectivity index (χ1n) is 6.05. The van der Waals surface area contributed by atoms with Crippen molar-refractivity contribution in [1.82, 2.24) is 5.32 Å². The Bertz CT molecular complexity index is 259. The quantitative estimate of drug-likeness (QED) is 0.653. The lowest BCUT2D eigenvalue weighted by Gasteiger charge is -2.36. The number of hydrogen-bond acceptors (Lipinski definition) is 2. The summed E-state index contributed by atoms with van der Waals surface area (Å²) in [6, 6.07) is 0. The van der Waals surface area contributed by atoms with Crippen LogP contribution in [-0.2, 0) is 9.59 Å². The largest absolute Gasteiger partial charge is 0.481 e. The van der Waals surface area contributed by atoms with E-state index >= 15 is 0 Å². The Morgan fingerprint density at radius 2 is 1.94 bits per heavy atom. The third-order valence-corrected chi connectivity index (χ3v) is 3.36. The highest BCUT2D eigenvalue weighted by Crippen LogP contribution is 2.40. The highest BCUT2D eigenvalue weighted by Gasteiger charge is 2.38. The summed E-state index contributed by atoms with van der Waals surface area (Å²) in [4.78, 5) is 21.9. The molecule has 1 aliphatic carbocycles. The minimum absolute atomic E-state index is 0.124. The van der Waals surface area contributed by atoms with Crippen LogP contribution in [0.15, 0.2) is 0 Å². The molecule has 2 N–H and O–H groups in total. The van der Waals surface area contributed by atoms with Gasteiger partial charge in [-0.2, -0.15) is 0 Å². The topological polar surface area (TPSA) is 66.4 Å². The molecule has 1 fully saturated rings. The minimum atomic E-state index is -0.744. The van der Waals surface area contributed by atoms with Gasteiger partial charge in [0.05, 0.1) is 0 Å². The Hall–Kier alpha value is -1.06. The SMILES string of the molecule is CC1(C(=O)NCCCCCC(=O)O)CCC1. The Kier molecular flexibility index (Phi) is 4.77. The molecule has 0 radical (unpaired) electrons. The van der Waals surface area contributed by atoms with Crippen molar-refractivity contribution < 1.29 is 14.7 Å². The summed E-state index contributed by atoms with van der Waals surface area (Å²) >= 11 is 0. The van der Waals surface area contributed by atoms with Gasteiger partial charge in [0.25, 0.3) is 0 Å². The first-order chi connectivity index (χ1) is 7.54. The van der Waals surface area contributed by atoms with Gasteiger partial charge < -0.3 is 10.4 Å². The number of unbranched alkanes of at least 4 members (excludes halogenated alkanes) is 2. The van der Waals surface area contributed by atoms with Gasteiger partial charge in [-0.05, 0) is 25.7 Å². The molecule has 0 aliphatic heterocycles. The van der Waals surface area contributed by atoms with Crippen LogP contribution in [0.3, 0.4) is 0 Å². The first kappa shape index (κ1) is 13.0. The number of carbonyl (C=O) groups excluding carboxylic acids is 1. The van der Waals surface area contributed by atoms with Crippen LogP contribution >= 0.6 is 0 Å². The van der Waals surface area contributed by atoms with Crippen LogP contribution in [0.4, 0.5) is 0 Å². The Morgan fingerprint density at radius 1 is 1.25 bits per heavy atom. The molecule has 0 aromatic carbocycles. The molecular formula is C12H21NO3. The normalized spacial score (nSPS) is 17.6. The molecule has 1 amide bonds. The molecule has 1 rings (SSSR count). The lowest BCUT2D eigenvalue weighted by Crippen LogP contribution is -2.43. The second-order valence-electron chi connectivity index (χ2n) is 4.87. The van der Waals surface area contributed by atoms with Crippen LogP contribution < -0.4 is 5.32 Å². The first-order valence-corrected chi connectivity index (χ1v) is 6.05. The molecule has 4 heteroatoms. The van der Waals surface area contributed by atoms with E-state index in [0.717, 1.165) is 32.1 Å². The highest BCUT2D eigenvalue weighted by atomic mass is 16.4. The summed E-state index contributed by atoms with van der Waals surface area (Å²) in [6.45, 7) is 2.68. The van der Waals surface area contributed by atoms with Gasteiger partial charge in [-0.15, -0.1) is 0 Å². The molecule has 0 heterocycles. The second-order valence-corrected chi connectivity index (χ2v) is 4.87. The average Bonchev–Trinajstić information content (AvgIpc) is 2.18. The Balaban J connectivity index is 1.98. The molecule has 0 atom stereocenters. The van der Waals surface area contributed by atoms with E-state index in [9.17, 15) is 9.59 Å². The van der Waals surface area contributed by atoms with E-state index in [0.29, 0.717) is 13.0 Å². The summed E-state index contributed by atoms with van der Waals surface area (Å²) in [5.41, 5.74) is -0.124. The summed E-state index contributed by atoms with van der Waals surface area (Å²) < 4.78 is 0. The van der Waals surface area contributed by atoms with E-state index in [2.05, 4.69) is 5.32 Å². The number of carboxylic acids is 1. The summed E-state index contributed by atoms with van der Waals surface area (Å²) in [5.74, 6) is -0.581. The van der Waals surface area contributed by atoms with Crippen molar-refractivity contribution in [3.05, 3.63) is 0 Å². The van der Waals surface area contributed by atoms with Crippen LogP contribution in [0.2, 0.25) is 0 Å². The molecule has 0 aromatic rings. The van der Waals surface area contributed by atoms with E-state index in [-0.39, 0.29) is 17.7 Å². The molecule has 1 aliphatic rings. The summed E-state index contributed by atoms with van der Waals surface area (Å²) in [6.07, 6.45) is 5.81. The van der Waals surface area contributed by atoms with E-state index in [1.165, 1.54) is 0 Å². The van der Waals surface area contributed by atoms with Crippen molar-refractivity contribution >= 4 is 11.9 Å². The molecule has 0 unspecified atom stereocenters.